The van der Waals surface area contributed by atoms with E-state index in [1.807, 2.05) is 6.26 Å². The third kappa shape index (κ3) is 2.54. The second kappa shape index (κ2) is 3.97. The third-order valence-corrected chi connectivity index (χ3v) is 2.35. The van der Waals surface area contributed by atoms with Crippen LogP contribution in [-0.4, -0.2) is 6.10 Å². The Labute approximate surface area is 75.8 Å². The molecular formula is C11H20O. The van der Waals surface area contributed by atoms with E-state index >= 15 is 0 Å². The van der Waals surface area contributed by atoms with E-state index in [0.717, 1.165) is 12.3 Å². The van der Waals surface area contributed by atoms with Gasteiger partial charge in [-0.25, -0.2) is 0 Å². The van der Waals surface area contributed by atoms with E-state index in [0.29, 0.717) is 12.0 Å². The largest absolute Gasteiger partial charge is 0.498 e. The quantitative estimate of drug-likeness (QED) is 0.628. The first kappa shape index (κ1) is 9.63. The van der Waals surface area contributed by atoms with Crippen molar-refractivity contribution in [3.8, 4) is 0 Å². The van der Waals surface area contributed by atoms with Gasteiger partial charge in [0.1, 0.15) is 6.10 Å². The van der Waals surface area contributed by atoms with Crippen molar-refractivity contribution in [2.24, 2.45) is 11.8 Å². The summed E-state index contributed by atoms with van der Waals surface area (Å²) in [5.74, 6) is 1.40. The van der Waals surface area contributed by atoms with E-state index < -0.39 is 0 Å². The predicted molar refractivity (Wildman–Crippen MR) is 51.9 cm³/mol. The van der Waals surface area contributed by atoms with Gasteiger partial charge >= 0.3 is 0 Å². The fourth-order valence-corrected chi connectivity index (χ4v) is 1.58. The second-order valence-electron chi connectivity index (χ2n) is 4.44. The summed E-state index contributed by atoms with van der Waals surface area (Å²) in [6.07, 6.45) is 4.77. The molecule has 0 spiro atoms. The highest BCUT2D eigenvalue weighted by atomic mass is 16.5. The summed E-state index contributed by atoms with van der Waals surface area (Å²) < 4.78 is 5.58. The molecular weight excluding hydrogens is 148 g/mol. The van der Waals surface area contributed by atoms with Gasteiger partial charge in [-0.1, -0.05) is 27.7 Å². The van der Waals surface area contributed by atoms with Crippen LogP contribution in [0.25, 0.3) is 0 Å². The van der Waals surface area contributed by atoms with Gasteiger partial charge in [0.2, 0.25) is 0 Å². The van der Waals surface area contributed by atoms with Crippen molar-refractivity contribution in [3.05, 3.63) is 11.8 Å². The molecule has 1 unspecified atom stereocenters. The fourth-order valence-electron chi connectivity index (χ4n) is 1.58. The molecule has 0 saturated heterocycles. The van der Waals surface area contributed by atoms with Crippen LogP contribution >= 0.6 is 0 Å². The molecule has 1 rings (SSSR count). The minimum Gasteiger partial charge on any atom is -0.498 e. The lowest BCUT2D eigenvalue weighted by atomic mass is 9.96. The Kier molecular flexibility index (Phi) is 3.19. The summed E-state index contributed by atoms with van der Waals surface area (Å²) in [7, 11) is 0. The van der Waals surface area contributed by atoms with Gasteiger partial charge in [0.05, 0.1) is 6.26 Å². The molecule has 0 fully saturated rings. The molecule has 0 radical (unpaired) electrons. The Bertz CT molecular complexity index is 168. The van der Waals surface area contributed by atoms with Gasteiger partial charge in [-0.3, -0.25) is 0 Å². The molecule has 0 bridgehead atoms. The Morgan fingerprint density at radius 3 is 2.50 bits per heavy atom. The number of ether oxygens (including phenoxy) is 1. The maximum absolute atomic E-state index is 5.58. The minimum atomic E-state index is 0.461. The molecule has 1 aliphatic rings. The first-order chi connectivity index (χ1) is 5.59. The van der Waals surface area contributed by atoms with Gasteiger partial charge in [0.25, 0.3) is 0 Å². The van der Waals surface area contributed by atoms with Crippen molar-refractivity contribution in [1.29, 1.82) is 0 Å². The first-order valence-electron chi connectivity index (χ1n) is 4.94. The maximum Gasteiger partial charge on any atom is 0.102 e. The Hall–Kier alpha value is -0.460. The van der Waals surface area contributed by atoms with Gasteiger partial charge in [0.15, 0.2) is 0 Å². The normalized spacial score (nSPS) is 23.2. The van der Waals surface area contributed by atoms with Gasteiger partial charge in [-0.05, 0) is 23.8 Å². The molecule has 1 nitrogen and oxygen atoms in total. The highest BCUT2D eigenvalue weighted by Crippen LogP contribution is 2.27. The van der Waals surface area contributed by atoms with Crippen molar-refractivity contribution in [3.63, 3.8) is 0 Å². The average molecular weight is 168 g/mol. The van der Waals surface area contributed by atoms with E-state index in [4.69, 9.17) is 4.74 Å². The molecule has 0 aromatic rings. The summed E-state index contributed by atoms with van der Waals surface area (Å²) in [5.41, 5.74) is 1.47. The third-order valence-electron chi connectivity index (χ3n) is 2.35. The average Bonchev–Trinajstić information content (AvgIpc) is 2.34. The summed E-state index contributed by atoms with van der Waals surface area (Å²) in [6, 6.07) is 0. The lowest BCUT2D eigenvalue weighted by Gasteiger charge is -2.13. The summed E-state index contributed by atoms with van der Waals surface area (Å²) >= 11 is 0. The van der Waals surface area contributed by atoms with Crippen LogP contribution in [0.2, 0.25) is 0 Å². The van der Waals surface area contributed by atoms with Crippen LogP contribution in [0.3, 0.4) is 0 Å². The van der Waals surface area contributed by atoms with Crippen LogP contribution in [0, 0.1) is 11.8 Å². The second-order valence-corrected chi connectivity index (χ2v) is 4.44. The number of hydrogen-bond donors (Lipinski definition) is 0. The zero-order valence-corrected chi connectivity index (χ0v) is 8.63. The standard InChI is InChI=1S/C11H20O/c1-8(2)5-11-6-10(7-12-11)9(3)4/h7-9,11H,5-6H2,1-4H3. The van der Waals surface area contributed by atoms with Crippen LogP contribution in [0.1, 0.15) is 40.5 Å². The lowest BCUT2D eigenvalue weighted by Crippen LogP contribution is -2.09. The molecule has 0 saturated carbocycles. The summed E-state index contributed by atoms with van der Waals surface area (Å²) in [6.45, 7) is 8.95. The van der Waals surface area contributed by atoms with Crippen molar-refractivity contribution in [2.75, 3.05) is 0 Å². The highest BCUT2D eigenvalue weighted by Gasteiger charge is 2.20. The fraction of sp³-hybridized carbons (Fsp3) is 0.818. The summed E-state index contributed by atoms with van der Waals surface area (Å²) in [5, 5.41) is 0. The molecule has 0 amide bonds. The Balaban J connectivity index is 2.32. The van der Waals surface area contributed by atoms with Crippen molar-refractivity contribution in [1.82, 2.24) is 0 Å². The summed E-state index contributed by atoms with van der Waals surface area (Å²) in [4.78, 5) is 0. The van der Waals surface area contributed by atoms with E-state index in [1.54, 1.807) is 0 Å². The minimum absolute atomic E-state index is 0.461. The van der Waals surface area contributed by atoms with Crippen LogP contribution in [0.5, 0.6) is 0 Å². The van der Waals surface area contributed by atoms with E-state index in [1.165, 1.54) is 12.0 Å². The van der Waals surface area contributed by atoms with E-state index in [2.05, 4.69) is 27.7 Å². The van der Waals surface area contributed by atoms with Crippen LogP contribution in [0.15, 0.2) is 11.8 Å². The van der Waals surface area contributed by atoms with Gasteiger partial charge in [0, 0.05) is 6.42 Å². The van der Waals surface area contributed by atoms with Crippen molar-refractivity contribution in [2.45, 2.75) is 46.6 Å². The van der Waals surface area contributed by atoms with Crippen LogP contribution in [-0.2, 0) is 4.74 Å². The number of rotatable bonds is 3. The van der Waals surface area contributed by atoms with Gasteiger partial charge in [-0.2, -0.15) is 0 Å². The van der Waals surface area contributed by atoms with E-state index in [-0.39, 0.29) is 0 Å². The Morgan fingerprint density at radius 1 is 1.42 bits per heavy atom. The maximum atomic E-state index is 5.58. The van der Waals surface area contributed by atoms with Gasteiger partial charge in [-0.15, -0.1) is 0 Å². The Morgan fingerprint density at radius 2 is 2.08 bits per heavy atom. The van der Waals surface area contributed by atoms with E-state index in [9.17, 15) is 0 Å². The molecule has 0 N–H and O–H groups in total. The van der Waals surface area contributed by atoms with Gasteiger partial charge < -0.3 is 4.74 Å². The van der Waals surface area contributed by atoms with Crippen molar-refractivity contribution < 1.29 is 4.74 Å². The molecule has 0 aromatic carbocycles. The lowest BCUT2D eigenvalue weighted by molar-refractivity contribution is 0.146. The zero-order valence-electron chi connectivity index (χ0n) is 8.63. The monoisotopic (exact) mass is 168 g/mol. The molecule has 1 heteroatoms. The number of hydrogen-bond acceptors (Lipinski definition) is 1. The zero-order chi connectivity index (χ0) is 9.14. The molecule has 0 aliphatic carbocycles. The molecule has 70 valence electrons. The SMILES string of the molecule is CC(C)CC1CC(C(C)C)=CO1. The molecule has 1 atom stereocenters. The highest BCUT2D eigenvalue weighted by molar-refractivity contribution is 5.07. The predicted octanol–water partition coefficient (Wildman–Crippen LogP) is 3.36. The van der Waals surface area contributed by atoms with Crippen molar-refractivity contribution >= 4 is 0 Å². The van der Waals surface area contributed by atoms with Crippen LogP contribution < -0.4 is 0 Å². The molecule has 12 heavy (non-hydrogen) atoms. The topological polar surface area (TPSA) is 9.23 Å². The smallest absolute Gasteiger partial charge is 0.102 e. The first-order valence-corrected chi connectivity index (χ1v) is 4.94. The molecule has 1 aliphatic heterocycles. The molecule has 1 heterocycles. The molecule has 0 aromatic heterocycles. The van der Waals surface area contributed by atoms with Crippen LogP contribution in [0.4, 0.5) is 0 Å².